The van der Waals surface area contributed by atoms with Crippen LogP contribution in [0, 0.1) is 5.82 Å². The van der Waals surface area contributed by atoms with E-state index in [0.29, 0.717) is 16.8 Å². The fourth-order valence-corrected chi connectivity index (χ4v) is 7.58. The summed E-state index contributed by atoms with van der Waals surface area (Å²) in [7, 11) is -1.94. The molecule has 0 radical (unpaired) electrons. The van der Waals surface area contributed by atoms with E-state index in [0.717, 1.165) is 9.79 Å². The van der Waals surface area contributed by atoms with Crippen molar-refractivity contribution in [3.05, 3.63) is 113 Å². The van der Waals surface area contributed by atoms with E-state index in [1.807, 2.05) is 36.4 Å². The first-order valence-corrected chi connectivity index (χ1v) is 12.3. The molecule has 4 aromatic rings. The maximum Gasteiger partial charge on any atom is 0.272 e. The average Bonchev–Trinajstić information content (AvgIpc) is 2.82. The van der Waals surface area contributed by atoms with Crippen LogP contribution < -0.4 is 5.56 Å². The van der Waals surface area contributed by atoms with Gasteiger partial charge in [0.1, 0.15) is 12.4 Å². The van der Waals surface area contributed by atoms with Crippen LogP contribution in [-0.4, -0.2) is 14.9 Å². The highest BCUT2D eigenvalue weighted by Gasteiger charge is 2.41. The number of hydrogen-bond acceptors (Lipinski definition) is 3. The number of nitrogens with zero attached hydrogens (tertiary/aromatic N) is 1. The first kappa shape index (κ1) is 23.0. The minimum atomic E-state index is -1.94. The smallest absolute Gasteiger partial charge is 0.272 e. The fourth-order valence-electron chi connectivity index (χ4n) is 3.89. The number of aromatic amines is 1. The van der Waals surface area contributed by atoms with Gasteiger partial charge in [-0.3, -0.25) is 4.79 Å². The van der Waals surface area contributed by atoms with Gasteiger partial charge in [-0.25, -0.2) is 9.49 Å². The Kier molecular flexibility index (Phi) is 6.49. The van der Waals surface area contributed by atoms with E-state index in [4.69, 9.17) is 4.18 Å². The molecule has 33 heavy (non-hydrogen) atoms. The van der Waals surface area contributed by atoms with Gasteiger partial charge >= 0.3 is 0 Å². The van der Waals surface area contributed by atoms with E-state index in [1.165, 1.54) is 12.1 Å². The van der Waals surface area contributed by atoms with Gasteiger partial charge in [0.15, 0.2) is 0 Å². The van der Waals surface area contributed by atoms with Crippen molar-refractivity contribution in [1.29, 1.82) is 0 Å². The molecule has 0 atom stereocenters. The van der Waals surface area contributed by atoms with E-state index >= 15 is 0 Å². The predicted molar refractivity (Wildman–Crippen MR) is 132 cm³/mol. The molecule has 1 aromatic heterocycles. The van der Waals surface area contributed by atoms with Gasteiger partial charge in [0, 0.05) is 14.5 Å². The zero-order chi connectivity index (χ0) is 23.5. The second-order valence-corrected chi connectivity index (χ2v) is 12.2. The molecule has 3 aromatic carbocycles. The maximum absolute atomic E-state index is 13.4. The SMILES string of the molecule is CC(C)(C)S(OCc1cc(-c2ccc(F)cc2)c(=O)[nH]n1)(c1ccccc1)c1ccccc1. The largest absolute Gasteiger partial charge is 0.321 e. The van der Waals surface area contributed by atoms with E-state index in [2.05, 4.69) is 55.2 Å². The summed E-state index contributed by atoms with van der Waals surface area (Å²) in [5.74, 6) is -0.350. The van der Waals surface area contributed by atoms with Gasteiger partial charge in [0.25, 0.3) is 5.56 Å². The fraction of sp³-hybridized carbons (Fsp3) is 0.185. The van der Waals surface area contributed by atoms with E-state index in [1.54, 1.807) is 18.2 Å². The Balaban J connectivity index is 1.77. The van der Waals surface area contributed by atoms with Crippen LogP contribution in [-0.2, 0) is 10.8 Å². The first-order valence-electron chi connectivity index (χ1n) is 10.7. The summed E-state index contributed by atoms with van der Waals surface area (Å²) < 4.78 is 20.0. The summed E-state index contributed by atoms with van der Waals surface area (Å²) in [6.07, 6.45) is 0. The monoisotopic (exact) mass is 462 g/mol. The van der Waals surface area contributed by atoms with Crippen LogP contribution in [0.2, 0.25) is 0 Å². The van der Waals surface area contributed by atoms with Crippen molar-refractivity contribution in [2.45, 2.75) is 41.9 Å². The van der Waals surface area contributed by atoms with Crippen molar-refractivity contribution in [3.63, 3.8) is 0 Å². The van der Waals surface area contributed by atoms with Gasteiger partial charge in [-0.2, -0.15) is 5.10 Å². The van der Waals surface area contributed by atoms with Gasteiger partial charge in [-0.1, -0.05) is 58.8 Å². The molecule has 0 saturated carbocycles. The highest BCUT2D eigenvalue weighted by Crippen LogP contribution is 2.71. The third-order valence-corrected chi connectivity index (χ3v) is 9.48. The molecular formula is C27H27FN2O2S. The van der Waals surface area contributed by atoms with Gasteiger partial charge in [-0.15, -0.1) is 0 Å². The van der Waals surface area contributed by atoms with Crippen LogP contribution in [0.25, 0.3) is 11.1 Å². The minimum absolute atomic E-state index is 0.210. The summed E-state index contributed by atoms with van der Waals surface area (Å²) >= 11 is 0. The molecule has 0 spiro atoms. The molecule has 1 N–H and O–H groups in total. The molecule has 170 valence electrons. The molecule has 0 aliphatic carbocycles. The highest BCUT2D eigenvalue weighted by molar-refractivity contribution is 8.31. The van der Waals surface area contributed by atoms with Crippen LogP contribution in [0.1, 0.15) is 26.5 Å². The number of H-pyrrole nitrogens is 1. The third-order valence-electron chi connectivity index (χ3n) is 5.41. The Hall–Kier alpha value is -3.22. The third kappa shape index (κ3) is 4.63. The van der Waals surface area contributed by atoms with Crippen molar-refractivity contribution < 1.29 is 8.57 Å². The standard InChI is InChI=1S/C27H27FN2O2S/c1-27(2,3)33(23-10-6-4-7-11-23,24-12-8-5-9-13-24)32-19-22-18-25(26(31)30-29-22)20-14-16-21(28)17-15-20/h4-18H,19H2,1-3H3,(H,30,31). The molecule has 0 amide bonds. The molecule has 0 bridgehead atoms. The lowest BCUT2D eigenvalue weighted by Gasteiger charge is -2.50. The molecular weight excluding hydrogens is 435 g/mol. The molecule has 1 heterocycles. The lowest BCUT2D eigenvalue weighted by atomic mass is 10.1. The number of rotatable bonds is 6. The van der Waals surface area contributed by atoms with E-state index in [9.17, 15) is 9.18 Å². The molecule has 0 aliphatic rings. The molecule has 4 nitrogen and oxygen atoms in total. The molecule has 0 saturated heterocycles. The highest BCUT2D eigenvalue weighted by atomic mass is 32.3. The Bertz CT molecular complexity index is 1230. The Morgan fingerprint density at radius 1 is 0.879 bits per heavy atom. The van der Waals surface area contributed by atoms with Crippen molar-refractivity contribution >= 4 is 10.3 Å². The molecule has 0 fully saturated rings. The number of hydrogen-bond donors (Lipinski definition) is 1. The van der Waals surface area contributed by atoms with Crippen LogP contribution in [0.5, 0.6) is 0 Å². The Morgan fingerprint density at radius 3 is 1.94 bits per heavy atom. The number of halogens is 1. The van der Waals surface area contributed by atoms with Crippen LogP contribution in [0.15, 0.2) is 106 Å². The van der Waals surface area contributed by atoms with Gasteiger partial charge in [0.05, 0.1) is 11.3 Å². The number of nitrogens with one attached hydrogen (secondary N) is 1. The van der Waals surface area contributed by atoms with E-state index in [-0.39, 0.29) is 22.7 Å². The van der Waals surface area contributed by atoms with E-state index < -0.39 is 10.3 Å². The summed E-state index contributed by atoms with van der Waals surface area (Å²) in [6.45, 7) is 6.77. The van der Waals surface area contributed by atoms with Crippen LogP contribution in [0.3, 0.4) is 0 Å². The zero-order valence-corrected chi connectivity index (χ0v) is 19.7. The van der Waals surface area contributed by atoms with Gasteiger partial charge < -0.3 is 4.18 Å². The Morgan fingerprint density at radius 2 is 1.42 bits per heavy atom. The summed E-state index contributed by atoms with van der Waals surface area (Å²) in [5, 5.41) is 6.80. The first-order chi connectivity index (χ1) is 15.8. The molecule has 0 unspecified atom stereocenters. The molecule has 6 heteroatoms. The Labute approximate surface area is 195 Å². The van der Waals surface area contributed by atoms with Crippen molar-refractivity contribution in [3.8, 4) is 11.1 Å². The summed E-state index contributed by atoms with van der Waals surface area (Å²) in [5.41, 5.74) is 1.33. The second kappa shape index (κ2) is 9.33. The lowest BCUT2D eigenvalue weighted by Crippen LogP contribution is -2.28. The number of benzene rings is 3. The second-order valence-electron chi connectivity index (χ2n) is 8.67. The van der Waals surface area contributed by atoms with Gasteiger partial charge in [0.2, 0.25) is 0 Å². The average molecular weight is 463 g/mol. The van der Waals surface area contributed by atoms with Crippen molar-refractivity contribution in [2.75, 3.05) is 0 Å². The molecule has 0 aliphatic heterocycles. The maximum atomic E-state index is 13.4. The van der Waals surface area contributed by atoms with Crippen LogP contribution >= 0.6 is 10.3 Å². The molecule has 4 rings (SSSR count). The summed E-state index contributed by atoms with van der Waals surface area (Å²) in [4.78, 5) is 14.6. The zero-order valence-electron chi connectivity index (χ0n) is 18.9. The quantitative estimate of drug-likeness (QED) is 0.346. The normalized spacial score (nSPS) is 12.5. The predicted octanol–water partition coefficient (Wildman–Crippen LogP) is 6.73. The van der Waals surface area contributed by atoms with Crippen LogP contribution in [0.4, 0.5) is 4.39 Å². The topological polar surface area (TPSA) is 55.0 Å². The number of aromatic nitrogens is 2. The van der Waals surface area contributed by atoms with Crippen molar-refractivity contribution in [1.82, 2.24) is 10.2 Å². The minimum Gasteiger partial charge on any atom is -0.321 e. The summed E-state index contributed by atoms with van der Waals surface area (Å²) in [6, 6.07) is 28.1. The van der Waals surface area contributed by atoms with Crippen molar-refractivity contribution in [2.24, 2.45) is 0 Å². The lowest BCUT2D eigenvalue weighted by molar-refractivity contribution is 0.326. The van der Waals surface area contributed by atoms with Gasteiger partial charge in [-0.05, 0) is 68.8 Å².